The molecule has 0 aromatic heterocycles. The molecule has 1 fully saturated rings. The summed E-state index contributed by atoms with van der Waals surface area (Å²) in [5, 5.41) is 13.6. The molecule has 3 unspecified atom stereocenters. The minimum absolute atomic E-state index is 0.0920. The second-order valence-corrected chi connectivity index (χ2v) is 8.57. The first kappa shape index (κ1) is 21.4. The van der Waals surface area contributed by atoms with E-state index in [9.17, 15) is 9.90 Å². The van der Waals surface area contributed by atoms with Gasteiger partial charge in [0.1, 0.15) is 0 Å². The van der Waals surface area contributed by atoms with Crippen molar-refractivity contribution < 1.29 is 9.90 Å². The quantitative estimate of drug-likeness (QED) is 0.570. The third-order valence-corrected chi connectivity index (χ3v) is 5.31. The summed E-state index contributed by atoms with van der Waals surface area (Å²) >= 11 is 0. The van der Waals surface area contributed by atoms with Crippen LogP contribution in [0.2, 0.25) is 0 Å². The van der Waals surface area contributed by atoms with Gasteiger partial charge in [-0.1, -0.05) is 47.0 Å². The average molecular weight is 341 g/mol. The molecule has 0 spiro atoms. The number of amides is 1. The van der Waals surface area contributed by atoms with Gasteiger partial charge in [-0.25, -0.2) is 0 Å². The number of rotatable bonds is 10. The van der Waals surface area contributed by atoms with Gasteiger partial charge < -0.3 is 16.2 Å². The number of aliphatic hydroxyl groups excluding tert-OH is 1. The lowest BCUT2D eigenvalue weighted by Crippen LogP contribution is -2.43. The summed E-state index contributed by atoms with van der Waals surface area (Å²) in [6, 6.07) is -0.237. The molecule has 0 aromatic carbocycles. The maximum atomic E-state index is 12.7. The third kappa shape index (κ3) is 7.98. The molecule has 1 rings (SSSR count). The molecular weight excluding hydrogens is 300 g/mol. The van der Waals surface area contributed by atoms with Crippen molar-refractivity contribution in [3.05, 3.63) is 0 Å². The standard InChI is InChI=1S/C20H40N2O2/c1-14(2)10-11-22-20(24)17(16-8-6-5-7-9-16)13-19(23)18(21)12-15(3)4/h14-19,23H,5-13,21H2,1-4H3,(H,22,24). The highest BCUT2D eigenvalue weighted by molar-refractivity contribution is 5.79. The van der Waals surface area contributed by atoms with Crippen LogP contribution >= 0.6 is 0 Å². The molecule has 1 aliphatic carbocycles. The van der Waals surface area contributed by atoms with E-state index in [2.05, 4.69) is 33.0 Å². The molecule has 0 bridgehead atoms. The van der Waals surface area contributed by atoms with Crippen LogP contribution in [0.5, 0.6) is 0 Å². The largest absolute Gasteiger partial charge is 0.391 e. The van der Waals surface area contributed by atoms with Crippen molar-refractivity contribution in [1.29, 1.82) is 0 Å². The third-order valence-electron chi connectivity index (χ3n) is 5.31. The molecule has 4 nitrogen and oxygen atoms in total. The molecule has 4 heteroatoms. The second kappa shape index (κ2) is 11.1. The highest BCUT2D eigenvalue weighted by Crippen LogP contribution is 2.33. The van der Waals surface area contributed by atoms with Crippen molar-refractivity contribution in [2.75, 3.05) is 6.54 Å². The number of hydrogen-bond donors (Lipinski definition) is 3. The molecule has 4 N–H and O–H groups in total. The Hall–Kier alpha value is -0.610. The molecule has 142 valence electrons. The van der Waals surface area contributed by atoms with Gasteiger partial charge in [0.05, 0.1) is 6.10 Å². The molecule has 0 heterocycles. The first-order chi connectivity index (χ1) is 11.3. The summed E-state index contributed by atoms with van der Waals surface area (Å²) in [4.78, 5) is 12.7. The Balaban J connectivity index is 2.64. The lowest BCUT2D eigenvalue weighted by molar-refractivity contribution is -0.128. The van der Waals surface area contributed by atoms with Gasteiger partial charge in [-0.2, -0.15) is 0 Å². The van der Waals surface area contributed by atoms with Crippen molar-refractivity contribution >= 4 is 5.91 Å². The Morgan fingerprint density at radius 2 is 1.71 bits per heavy atom. The van der Waals surface area contributed by atoms with E-state index in [-0.39, 0.29) is 17.9 Å². The molecule has 1 amide bonds. The average Bonchev–Trinajstić information content (AvgIpc) is 2.52. The Morgan fingerprint density at radius 3 is 2.25 bits per heavy atom. The second-order valence-electron chi connectivity index (χ2n) is 8.57. The Bertz CT molecular complexity index is 352. The van der Waals surface area contributed by atoms with E-state index < -0.39 is 6.10 Å². The van der Waals surface area contributed by atoms with Gasteiger partial charge in [-0.05, 0) is 49.9 Å². The topological polar surface area (TPSA) is 75.3 Å². The molecule has 24 heavy (non-hydrogen) atoms. The molecular formula is C20H40N2O2. The molecule has 1 saturated carbocycles. The van der Waals surface area contributed by atoms with Crippen LogP contribution in [0.4, 0.5) is 0 Å². The Labute approximate surface area is 149 Å². The zero-order valence-corrected chi connectivity index (χ0v) is 16.3. The van der Waals surface area contributed by atoms with Crippen LogP contribution in [-0.4, -0.2) is 29.7 Å². The molecule has 0 saturated heterocycles. The number of aliphatic hydroxyl groups is 1. The van der Waals surface area contributed by atoms with E-state index in [1.165, 1.54) is 19.3 Å². The first-order valence-corrected chi connectivity index (χ1v) is 10.0. The maximum absolute atomic E-state index is 12.7. The molecule has 0 radical (unpaired) electrons. The van der Waals surface area contributed by atoms with Gasteiger partial charge in [0.15, 0.2) is 0 Å². The van der Waals surface area contributed by atoms with Gasteiger partial charge in [-0.15, -0.1) is 0 Å². The smallest absolute Gasteiger partial charge is 0.223 e. The van der Waals surface area contributed by atoms with E-state index in [1.807, 2.05) is 0 Å². The first-order valence-electron chi connectivity index (χ1n) is 10.0. The van der Waals surface area contributed by atoms with Crippen molar-refractivity contribution in [1.82, 2.24) is 5.32 Å². The fourth-order valence-electron chi connectivity index (χ4n) is 3.80. The summed E-state index contributed by atoms with van der Waals surface area (Å²) in [6.07, 6.45) is 7.60. The SMILES string of the molecule is CC(C)CCNC(=O)C(CC(O)C(N)CC(C)C)C1CCCCC1. The maximum Gasteiger partial charge on any atom is 0.223 e. The van der Waals surface area contributed by atoms with Crippen molar-refractivity contribution in [2.24, 2.45) is 29.4 Å². The number of carbonyl (C=O) groups excluding carboxylic acids is 1. The Morgan fingerprint density at radius 1 is 1.08 bits per heavy atom. The van der Waals surface area contributed by atoms with Gasteiger partial charge in [0.2, 0.25) is 5.91 Å². The van der Waals surface area contributed by atoms with Crippen LogP contribution in [0.1, 0.15) is 79.1 Å². The monoisotopic (exact) mass is 340 g/mol. The molecule has 0 aliphatic heterocycles. The number of carbonyl (C=O) groups is 1. The zero-order chi connectivity index (χ0) is 18.1. The zero-order valence-electron chi connectivity index (χ0n) is 16.3. The fraction of sp³-hybridized carbons (Fsp3) is 0.950. The summed E-state index contributed by atoms with van der Waals surface area (Å²) in [6.45, 7) is 9.29. The van der Waals surface area contributed by atoms with Crippen LogP contribution in [0, 0.1) is 23.7 Å². The van der Waals surface area contributed by atoms with Gasteiger partial charge in [0.25, 0.3) is 0 Å². The van der Waals surface area contributed by atoms with E-state index in [4.69, 9.17) is 5.73 Å². The fourth-order valence-corrected chi connectivity index (χ4v) is 3.80. The number of nitrogens with two attached hydrogens (primary N) is 1. The van der Waals surface area contributed by atoms with Gasteiger partial charge in [-0.3, -0.25) is 4.79 Å². The van der Waals surface area contributed by atoms with Gasteiger partial charge in [0, 0.05) is 18.5 Å². The minimum atomic E-state index is -0.588. The lowest BCUT2D eigenvalue weighted by Gasteiger charge is -2.32. The summed E-state index contributed by atoms with van der Waals surface area (Å²) in [5.41, 5.74) is 6.15. The van der Waals surface area contributed by atoms with Crippen LogP contribution in [-0.2, 0) is 4.79 Å². The highest BCUT2D eigenvalue weighted by Gasteiger charge is 2.32. The predicted molar refractivity (Wildman–Crippen MR) is 101 cm³/mol. The lowest BCUT2D eigenvalue weighted by atomic mass is 9.76. The minimum Gasteiger partial charge on any atom is -0.391 e. The molecule has 1 aliphatic rings. The van der Waals surface area contributed by atoms with Crippen molar-refractivity contribution in [3.63, 3.8) is 0 Å². The van der Waals surface area contributed by atoms with E-state index in [0.29, 0.717) is 24.2 Å². The van der Waals surface area contributed by atoms with Gasteiger partial charge >= 0.3 is 0 Å². The summed E-state index contributed by atoms with van der Waals surface area (Å²) < 4.78 is 0. The van der Waals surface area contributed by atoms with Crippen LogP contribution in [0.15, 0.2) is 0 Å². The van der Waals surface area contributed by atoms with Crippen molar-refractivity contribution in [2.45, 2.75) is 91.2 Å². The summed E-state index contributed by atoms with van der Waals surface area (Å²) in [5.74, 6) is 1.48. The van der Waals surface area contributed by atoms with Crippen LogP contribution in [0.3, 0.4) is 0 Å². The predicted octanol–water partition coefficient (Wildman–Crippen LogP) is 3.47. The van der Waals surface area contributed by atoms with E-state index >= 15 is 0 Å². The van der Waals surface area contributed by atoms with E-state index in [0.717, 1.165) is 32.2 Å². The normalized spacial score (nSPS) is 20.2. The van der Waals surface area contributed by atoms with Crippen LogP contribution in [0.25, 0.3) is 0 Å². The number of nitrogens with one attached hydrogen (secondary N) is 1. The number of hydrogen-bond acceptors (Lipinski definition) is 3. The van der Waals surface area contributed by atoms with E-state index in [1.54, 1.807) is 0 Å². The highest BCUT2D eigenvalue weighted by atomic mass is 16.3. The molecule has 3 atom stereocenters. The molecule has 0 aromatic rings. The summed E-state index contributed by atoms with van der Waals surface area (Å²) in [7, 11) is 0. The van der Waals surface area contributed by atoms with Crippen LogP contribution < -0.4 is 11.1 Å². The van der Waals surface area contributed by atoms with Crippen molar-refractivity contribution in [3.8, 4) is 0 Å². The Kier molecular flexibility index (Phi) is 9.91.